The van der Waals surface area contributed by atoms with E-state index in [1.165, 1.54) is 6.07 Å². The molecule has 0 fully saturated rings. The zero-order chi connectivity index (χ0) is 23.6. The van der Waals surface area contributed by atoms with Gasteiger partial charge < -0.3 is 20.3 Å². The lowest BCUT2D eigenvalue weighted by Crippen LogP contribution is -2.26. The van der Waals surface area contributed by atoms with E-state index >= 15 is 0 Å². The van der Waals surface area contributed by atoms with Gasteiger partial charge in [-0.1, -0.05) is 11.6 Å². The maximum absolute atomic E-state index is 13.0. The Morgan fingerprint density at radius 3 is 2.00 bits per heavy atom. The van der Waals surface area contributed by atoms with E-state index in [0.29, 0.717) is 12.1 Å². The number of anilines is 1. The molecule has 6 nitrogen and oxygen atoms in total. The van der Waals surface area contributed by atoms with Crippen molar-refractivity contribution >= 4 is 29.0 Å². The zero-order valence-corrected chi connectivity index (χ0v) is 15.8. The molecule has 1 amide bonds. The quantitative estimate of drug-likeness (QED) is 0.439. The maximum Gasteiger partial charge on any atom is 0.416 e. The van der Waals surface area contributed by atoms with E-state index in [1.807, 2.05) is 5.32 Å². The Morgan fingerprint density at radius 1 is 0.968 bits per heavy atom. The molecule has 0 radical (unpaired) electrons. The summed E-state index contributed by atoms with van der Waals surface area (Å²) >= 11 is 5.77. The summed E-state index contributed by atoms with van der Waals surface area (Å²) in [6.07, 6.45) is -12.6. The Kier molecular flexibility index (Phi) is 7.19. The van der Waals surface area contributed by atoms with Gasteiger partial charge in [-0.2, -0.15) is 26.3 Å². The number of carbonyl (C=O) groups is 2. The van der Waals surface area contributed by atoms with Crippen molar-refractivity contribution in [1.29, 1.82) is 0 Å². The van der Waals surface area contributed by atoms with Crippen LogP contribution in [0.1, 0.15) is 21.5 Å². The standard InChI is InChI=1S/C18H12ClF6NO5/c19-10-1-2-14(31-7-13(27)16(29)30)12(6-10)15(28)26-11-4-8(17(20,21)22)3-9(5-11)18(23,24)25/h1-6,16,29-30H,7H2,(H,26,28). The molecular formula is C18H12ClF6NO5. The van der Waals surface area contributed by atoms with Crippen LogP contribution in [0.5, 0.6) is 5.75 Å². The van der Waals surface area contributed by atoms with Gasteiger partial charge in [0, 0.05) is 10.7 Å². The number of aliphatic hydroxyl groups is 2. The molecule has 0 atom stereocenters. The molecule has 3 N–H and O–H groups in total. The van der Waals surface area contributed by atoms with Gasteiger partial charge in [0.2, 0.25) is 12.1 Å². The molecule has 168 valence electrons. The Balaban J connectivity index is 2.39. The van der Waals surface area contributed by atoms with Crippen molar-refractivity contribution in [2.45, 2.75) is 18.6 Å². The second-order valence-corrected chi connectivity index (χ2v) is 6.45. The van der Waals surface area contributed by atoms with Crippen molar-refractivity contribution in [1.82, 2.24) is 0 Å². The Hall–Kier alpha value is -2.83. The first-order valence-corrected chi connectivity index (χ1v) is 8.48. The first-order valence-electron chi connectivity index (χ1n) is 8.10. The molecule has 0 unspecified atom stereocenters. The van der Waals surface area contributed by atoms with Gasteiger partial charge in [-0.05, 0) is 36.4 Å². The third-order valence-electron chi connectivity index (χ3n) is 3.69. The van der Waals surface area contributed by atoms with Crippen molar-refractivity contribution in [3.8, 4) is 5.75 Å². The predicted octanol–water partition coefficient (Wildman–Crippen LogP) is 3.89. The van der Waals surface area contributed by atoms with Crippen LogP contribution in [0.3, 0.4) is 0 Å². The first kappa shape index (κ1) is 24.4. The summed E-state index contributed by atoms with van der Waals surface area (Å²) < 4.78 is 82.8. The summed E-state index contributed by atoms with van der Waals surface area (Å²) in [5.41, 5.74) is -4.51. The molecule has 13 heteroatoms. The number of ether oxygens (including phenoxy) is 1. The van der Waals surface area contributed by atoms with Gasteiger partial charge in [0.05, 0.1) is 16.7 Å². The van der Waals surface area contributed by atoms with Crippen molar-refractivity contribution in [3.63, 3.8) is 0 Å². The Morgan fingerprint density at radius 2 is 1.52 bits per heavy atom. The van der Waals surface area contributed by atoms with Crippen LogP contribution in [0, 0.1) is 0 Å². The second kappa shape index (κ2) is 9.12. The molecule has 0 spiro atoms. The number of nitrogens with one attached hydrogen (secondary N) is 1. The highest BCUT2D eigenvalue weighted by molar-refractivity contribution is 6.31. The van der Waals surface area contributed by atoms with Gasteiger partial charge >= 0.3 is 12.4 Å². The number of benzene rings is 2. The van der Waals surface area contributed by atoms with Crippen LogP contribution < -0.4 is 10.1 Å². The van der Waals surface area contributed by atoms with Crippen molar-refractivity contribution < 1.29 is 50.9 Å². The molecule has 0 aliphatic carbocycles. The first-order chi connectivity index (χ1) is 14.2. The van der Waals surface area contributed by atoms with Crippen molar-refractivity contribution in [2.24, 2.45) is 0 Å². The number of hydrogen-bond acceptors (Lipinski definition) is 5. The Labute approximate surface area is 175 Å². The lowest BCUT2D eigenvalue weighted by atomic mass is 10.1. The van der Waals surface area contributed by atoms with Crippen molar-refractivity contribution in [2.75, 3.05) is 11.9 Å². The average molecular weight is 472 g/mol. The zero-order valence-electron chi connectivity index (χ0n) is 15.0. The third kappa shape index (κ3) is 6.57. The van der Waals surface area contributed by atoms with Crippen LogP contribution in [0.2, 0.25) is 5.02 Å². The highest BCUT2D eigenvalue weighted by Crippen LogP contribution is 2.37. The summed E-state index contributed by atoms with van der Waals surface area (Å²) in [6, 6.07) is 3.83. The van der Waals surface area contributed by atoms with Gasteiger partial charge in [0.25, 0.3) is 5.91 Å². The fourth-order valence-electron chi connectivity index (χ4n) is 2.25. The van der Waals surface area contributed by atoms with Gasteiger partial charge in [-0.25, -0.2) is 0 Å². The normalized spacial score (nSPS) is 12.1. The van der Waals surface area contributed by atoms with Crippen LogP contribution >= 0.6 is 11.6 Å². The molecule has 31 heavy (non-hydrogen) atoms. The molecule has 2 rings (SSSR count). The number of alkyl halides is 6. The summed E-state index contributed by atoms with van der Waals surface area (Å²) in [6.45, 7) is -0.888. The number of carbonyl (C=O) groups excluding carboxylic acids is 2. The fraction of sp³-hybridized carbons (Fsp3) is 0.222. The minimum Gasteiger partial charge on any atom is -0.485 e. The van der Waals surface area contributed by atoms with Gasteiger partial charge in [-0.15, -0.1) is 0 Å². The molecule has 0 aromatic heterocycles. The molecule has 0 aliphatic heterocycles. The van der Waals surface area contributed by atoms with E-state index in [9.17, 15) is 35.9 Å². The van der Waals surface area contributed by atoms with E-state index in [-0.39, 0.29) is 16.8 Å². The molecule has 0 saturated heterocycles. The topological polar surface area (TPSA) is 95.9 Å². The van der Waals surface area contributed by atoms with E-state index in [4.69, 9.17) is 26.6 Å². The summed E-state index contributed by atoms with van der Waals surface area (Å²) in [7, 11) is 0. The second-order valence-electron chi connectivity index (χ2n) is 6.02. The SMILES string of the molecule is O=C(Nc1cc(C(F)(F)F)cc(C(F)(F)F)c1)c1cc(Cl)ccc1OCC(=O)C(O)O. The Bertz CT molecular complexity index is 958. The van der Waals surface area contributed by atoms with Gasteiger partial charge in [0.1, 0.15) is 5.75 Å². The monoisotopic (exact) mass is 471 g/mol. The van der Waals surface area contributed by atoms with E-state index < -0.39 is 59.3 Å². The van der Waals surface area contributed by atoms with Gasteiger partial charge in [0.15, 0.2) is 6.61 Å². The summed E-state index contributed by atoms with van der Waals surface area (Å²) in [4.78, 5) is 23.7. The summed E-state index contributed by atoms with van der Waals surface area (Å²) in [5.74, 6) is -2.70. The van der Waals surface area contributed by atoms with Crippen molar-refractivity contribution in [3.05, 3.63) is 58.1 Å². The number of ketones is 1. The lowest BCUT2D eigenvalue weighted by molar-refractivity contribution is -0.147. The van der Waals surface area contributed by atoms with E-state index in [2.05, 4.69) is 0 Å². The summed E-state index contributed by atoms with van der Waals surface area (Å²) in [5, 5.41) is 19.3. The van der Waals surface area contributed by atoms with Crippen LogP contribution in [-0.2, 0) is 17.1 Å². The molecular weight excluding hydrogens is 460 g/mol. The molecule has 0 aliphatic rings. The third-order valence-corrected chi connectivity index (χ3v) is 3.92. The fourth-order valence-corrected chi connectivity index (χ4v) is 2.43. The average Bonchev–Trinajstić information content (AvgIpc) is 2.64. The van der Waals surface area contributed by atoms with Crippen LogP contribution in [0.25, 0.3) is 0 Å². The minimum absolute atomic E-state index is 0.0361. The van der Waals surface area contributed by atoms with E-state index in [0.717, 1.165) is 12.1 Å². The largest absolute Gasteiger partial charge is 0.485 e. The predicted molar refractivity (Wildman–Crippen MR) is 94.6 cm³/mol. The van der Waals surface area contributed by atoms with Crippen LogP contribution in [0.15, 0.2) is 36.4 Å². The smallest absolute Gasteiger partial charge is 0.416 e. The maximum atomic E-state index is 13.0. The molecule has 0 heterocycles. The minimum atomic E-state index is -5.11. The van der Waals surface area contributed by atoms with E-state index in [1.54, 1.807) is 0 Å². The van der Waals surface area contributed by atoms with Crippen LogP contribution in [-0.4, -0.2) is 34.8 Å². The number of aliphatic hydroxyl groups excluding tert-OH is 1. The highest BCUT2D eigenvalue weighted by Gasteiger charge is 2.37. The lowest BCUT2D eigenvalue weighted by Gasteiger charge is -2.16. The number of halogens is 7. The highest BCUT2D eigenvalue weighted by atomic mass is 35.5. The van der Waals surface area contributed by atoms with Crippen LogP contribution in [0.4, 0.5) is 32.0 Å². The molecule has 0 bridgehead atoms. The number of Topliss-reactive ketones (excluding diaryl/α,β-unsaturated/α-hetero) is 1. The van der Waals surface area contributed by atoms with Gasteiger partial charge in [-0.3, -0.25) is 9.59 Å². The number of amides is 1. The number of hydrogen-bond donors (Lipinski definition) is 3. The number of rotatable bonds is 6. The molecule has 2 aromatic carbocycles. The molecule has 0 saturated carbocycles. The molecule has 2 aromatic rings.